The van der Waals surface area contributed by atoms with E-state index < -0.39 is 0 Å². The van der Waals surface area contributed by atoms with Gasteiger partial charge < -0.3 is 5.32 Å². The van der Waals surface area contributed by atoms with Gasteiger partial charge in [-0.2, -0.15) is 0 Å². The van der Waals surface area contributed by atoms with Crippen LogP contribution >= 0.6 is 11.6 Å². The number of pyridine rings is 1. The second-order valence-corrected chi connectivity index (χ2v) is 4.44. The molecular formula is C13H12ClN3. The fraction of sp³-hybridized carbons (Fsp3) is 0.231. The Bertz CT molecular complexity index is 592. The average Bonchev–Trinajstić information content (AvgIpc) is 2.86. The smallest absolute Gasteiger partial charge is 0.101 e. The molecule has 0 saturated heterocycles. The van der Waals surface area contributed by atoms with Gasteiger partial charge in [0.15, 0.2) is 0 Å². The molecule has 0 aliphatic carbocycles. The summed E-state index contributed by atoms with van der Waals surface area (Å²) in [6.07, 6.45) is 3.87. The van der Waals surface area contributed by atoms with E-state index in [0.717, 1.165) is 41.8 Å². The van der Waals surface area contributed by atoms with E-state index in [9.17, 15) is 0 Å². The van der Waals surface area contributed by atoms with Crippen molar-refractivity contribution < 1.29 is 0 Å². The first-order valence-corrected chi connectivity index (χ1v) is 6.06. The highest BCUT2D eigenvalue weighted by atomic mass is 35.5. The second-order valence-electron chi connectivity index (χ2n) is 4.06. The van der Waals surface area contributed by atoms with E-state index in [0.29, 0.717) is 5.02 Å². The molecule has 1 aliphatic rings. The normalized spacial score (nSPS) is 15.0. The van der Waals surface area contributed by atoms with Crippen LogP contribution in [0.4, 0.5) is 5.69 Å². The molecular weight excluding hydrogens is 234 g/mol. The van der Waals surface area contributed by atoms with Crippen molar-refractivity contribution in [2.45, 2.75) is 12.8 Å². The number of benzene rings is 1. The van der Waals surface area contributed by atoms with E-state index in [1.807, 2.05) is 24.3 Å². The molecule has 3 rings (SSSR count). The van der Waals surface area contributed by atoms with E-state index in [2.05, 4.69) is 15.3 Å². The Balaban J connectivity index is 2.02. The average molecular weight is 246 g/mol. The summed E-state index contributed by atoms with van der Waals surface area (Å²) in [6.45, 7) is 0.909. The van der Waals surface area contributed by atoms with Crippen molar-refractivity contribution in [3.63, 3.8) is 0 Å². The lowest BCUT2D eigenvalue weighted by molar-refractivity contribution is 0.951. The number of halogens is 1. The molecule has 0 saturated carbocycles. The van der Waals surface area contributed by atoms with E-state index >= 15 is 0 Å². The maximum Gasteiger partial charge on any atom is 0.101 e. The quantitative estimate of drug-likeness (QED) is 0.835. The SMILES string of the molecule is Clc1c(NC2=NCCC2)ccc2cccnc12. The zero-order valence-electron chi connectivity index (χ0n) is 9.28. The van der Waals surface area contributed by atoms with Crippen LogP contribution < -0.4 is 5.32 Å². The summed E-state index contributed by atoms with van der Waals surface area (Å²) < 4.78 is 0. The first-order chi connectivity index (χ1) is 8.34. The van der Waals surface area contributed by atoms with Crippen molar-refractivity contribution >= 4 is 34.0 Å². The molecule has 0 bridgehead atoms. The Morgan fingerprint density at radius 1 is 1.24 bits per heavy atom. The zero-order valence-corrected chi connectivity index (χ0v) is 10.0. The fourth-order valence-corrected chi connectivity index (χ4v) is 2.27. The Morgan fingerprint density at radius 2 is 2.18 bits per heavy atom. The van der Waals surface area contributed by atoms with Crippen LogP contribution in [0.2, 0.25) is 5.02 Å². The lowest BCUT2D eigenvalue weighted by Gasteiger charge is -2.09. The fourth-order valence-electron chi connectivity index (χ4n) is 2.00. The standard InChI is InChI=1S/C13H12ClN3/c14-12-10(17-11-4-2-7-15-11)6-5-9-3-1-8-16-13(9)12/h1,3,5-6,8H,2,4,7H2,(H,15,17). The molecule has 0 unspecified atom stereocenters. The third kappa shape index (κ3) is 1.98. The van der Waals surface area contributed by atoms with Gasteiger partial charge in [0, 0.05) is 24.5 Å². The molecule has 4 heteroatoms. The minimum atomic E-state index is 0.665. The third-order valence-corrected chi connectivity index (χ3v) is 3.25. The predicted octanol–water partition coefficient (Wildman–Crippen LogP) is 3.49. The van der Waals surface area contributed by atoms with E-state index in [-0.39, 0.29) is 0 Å². The molecule has 0 fully saturated rings. The maximum atomic E-state index is 6.34. The number of rotatable bonds is 1. The highest BCUT2D eigenvalue weighted by molar-refractivity contribution is 6.38. The van der Waals surface area contributed by atoms with E-state index in [4.69, 9.17) is 11.6 Å². The maximum absolute atomic E-state index is 6.34. The van der Waals surface area contributed by atoms with Crippen molar-refractivity contribution in [1.82, 2.24) is 4.98 Å². The van der Waals surface area contributed by atoms with Crippen LogP contribution in [0.15, 0.2) is 35.5 Å². The Labute approximate surface area is 105 Å². The van der Waals surface area contributed by atoms with Gasteiger partial charge in [0.05, 0.1) is 16.2 Å². The number of aliphatic imine (C=N–C) groups is 1. The molecule has 1 aromatic heterocycles. The molecule has 2 aromatic rings. The summed E-state index contributed by atoms with van der Waals surface area (Å²) in [5, 5.41) is 5.00. The predicted molar refractivity (Wildman–Crippen MR) is 71.9 cm³/mol. The summed E-state index contributed by atoms with van der Waals surface area (Å²) >= 11 is 6.34. The summed E-state index contributed by atoms with van der Waals surface area (Å²) in [5.74, 6) is 1.02. The van der Waals surface area contributed by atoms with Crippen LogP contribution in [0.3, 0.4) is 0 Å². The molecule has 1 N–H and O–H groups in total. The van der Waals surface area contributed by atoms with Crippen LogP contribution in [-0.4, -0.2) is 17.4 Å². The van der Waals surface area contributed by atoms with Gasteiger partial charge in [0.25, 0.3) is 0 Å². The number of fused-ring (bicyclic) bond motifs is 1. The van der Waals surface area contributed by atoms with Gasteiger partial charge in [-0.3, -0.25) is 9.98 Å². The molecule has 1 aromatic carbocycles. The highest BCUT2D eigenvalue weighted by Gasteiger charge is 2.10. The topological polar surface area (TPSA) is 37.3 Å². The van der Waals surface area contributed by atoms with Crippen LogP contribution in [-0.2, 0) is 0 Å². The Kier molecular flexibility index (Phi) is 2.69. The first kappa shape index (κ1) is 10.5. The van der Waals surface area contributed by atoms with E-state index in [1.165, 1.54) is 0 Å². The summed E-state index contributed by atoms with van der Waals surface area (Å²) in [4.78, 5) is 8.68. The van der Waals surface area contributed by atoms with E-state index in [1.54, 1.807) is 6.20 Å². The van der Waals surface area contributed by atoms with Gasteiger partial charge in [-0.05, 0) is 18.6 Å². The van der Waals surface area contributed by atoms with Gasteiger partial charge in [0.2, 0.25) is 0 Å². The van der Waals surface area contributed by atoms with Crippen LogP contribution in [0.25, 0.3) is 10.9 Å². The number of anilines is 1. The molecule has 86 valence electrons. The highest BCUT2D eigenvalue weighted by Crippen LogP contribution is 2.29. The largest absolute Gasteiger partial charge is 0.343 e. The summed E-state index contributed by atoms with van der Waals surface area (Å²) in [7, 11) is 0. The number of aromatic nitrogens is 1. The van der Waals surface area contributed by atoms with Gasteiger partial charge in [-0.25, -0.2) is 0 Å². The minimum absolute atomic E-state index is 0.665. The lowest BCUT2D eigenvalue weighted by Crippen LogP contribution is -2.08. The molecule has 2 heterocycles. The van der Waals surface area contributed by atoms with Gasteiger partial charge in [-0.15, -0.1) is 0 Å². The van der Waals surface area contributed by atoms with Gasteiger partial charge >= 0.3 is 0 Å². The first-order valence-electron chi connectivity index (χ1n) is 5.68. The number of nitrogens with one attached hydrogen (secondary N) is 1. The lowest BCUT2D eigenvalue weighted by atomic mass is 10.2. The zero-order chi connectivity index (χ0) is 11.7. The van der Waals surface area contributed by atoms with Crippen molar-refractivity contribution in [2.24, 2.45) is 4.99 Å². The number of amidine groups is 1. The molecule has 0 radical (unpaired) electrons. The van der Waals surface area contributed by atoms with Crippen molar-refractivity contribution in [3.05, 3.63) is 35.5 Å². The molecule has 0 atom stereocenters. The summed E-state index contributed by atoms with van der Waals surface area (Å²) in [5.41, 5.74) is 1.72. The second kappa shape index (κ2) is 4.34. The Morgan fingerprint density at radius 3 is 3.00 bits per heavy atom. The Hall–Kier alpha value is -1.61. The van der Waals surface area contributed by atoms with Crippen LogP contribution in [0.5, 0.6) is 0 Å². The molecule has 0 spiro atoms. The molecule has 1 aliphatic heterocycles. The summed E-state index contributed by atoms with van der Waals surface area (Å²) in [6, 6.07) is 7.91. The number of hydrogen-bond donors (Lipinski definition) is 1. The minimum Gasteiger partial charge on any atom is -0.343 e. The molecule has 17 heavy (non-hydrogen) atoms. The van der Waals surface area contributed by atoms with Gasteiger partial charge in [-0.1, -0.05) is 23.7 Å². The molecule has 0 amide bonds. The van der Waals surface area contributed by atoms with Gasteiger partial charge in [0.1, 0.15) is 5.84 Å². The molecule has 3 nitrogen and oxygen atoms in total. The van der Waals surface area contributed by atoms with Crippen molar-refractivity contribution in [2.75, 3.05) is 11.9 Å². The van der Waals surface area contributed by atoms with Crippen LogP contribution in [0.1, 0.15) is 12.8 Å². The number of hydrogen-bond acceptors (Lipinski definition) is 3. The number of nitrogens with zero attached hydrogens (tertiary/aromatic N) is 2. The van der Waals surface area contributed by atoms with Crippen molar-refractivity contribution in [3.8, 4) is 0 Å². The van der Waals surface area contributed by atoms with Crippen LogP contribution in [0, 0.1) is 0 Å². The van der Waals surface area contributed by atoms with Crippen molar-refractivity contribution in [1.29, 1.82) is 0 Å². The third-order valence-electron chi connectivity index (χ3n) is 2.87. The monoisotopic (exact) mass is 245 g/mol.